The summed E-state index contributed by atoms with van der Waals surface area (Å²) in [5, 5.41) is 0. The van der Waals surface area contributed by atoms with Gasteiger partial charge in [-0.2, -0.15) is 13.2 Å². The van der Waals surface area contributed by atoms with Crippen LogP contribution in [0.15, 0.2) is 18.2 Å². The number of alkyl halides is 3. The Morgan fingerprint density at radius 2 is 1.79 bits per heavy atom. The van der Waals surface area contributed by atoms with E-state index in [4.69, 9.17) is 5.73 Å². The van der Waals surface area contributed by atoms with Crippen LogP contribution in [0.2, 0.25) is 0 Å². The minimum Gasteiger partial charge on any atom is -0.399 e. The van der Waals surface area contributed by atoms with Gasteiger partial charge in [-0.15, -0.1) is 0 Å². The molecule has 0 radical (unpaired) electrons. The van der Waals surface area contributed by atoms with Gasteiger partial charge in [0.15, 0.2) is 0 Å². The Balaban J connectivity index is 3.30. The number of rotatable bonds is 1. The van der Waals surface area contributed by atoms with Gasteiger partial charge >= 0.3 is 6.18 Å². The van der Waals surface area contributed by atoms with Crippen molar-refractivity contribution < 1.29 is 13.2 Å². The van der Waals surface area contributed by atoms with Crippen molar-refractivity contribution in [3.8, 4) is 0 Å². The van der Waals surface area contributed by atoms with Crippen LogP contribution >= 0.6 is 0 Å². The monoisotopic (exact) mass is 204 g/mol. The Kier molecular flexibility index (Phi) is 2.59. The second-order valence-corrected chi connectivity index (χ2v) is 3.17. The minimum atomic E-state index is -4.37. The number of nitrogens with zero attached hydrogens (tertiary/aromatic N) is 1. The second kappa shape index (κ2) is 3.40. The number of hydrogen-bond acceptors (Lipinski definition) is 2. The first-order valence-corrected chi connectivity index (χ1v) is 3.96. The lowest BCUT2D eigenvalue weighted by atomic mass is 10.1. The molecule has 0 amide bonds. The van der Waals surface area contributed by atoms with E-state index in [1.807, 2.05) is 0 Å². The summed E-state index contributed by atoms with van der Waals surface area (Å²) in [5.74, 6) is 0. The summed E-state index contributed by atoms with van der Waals surface area (Å²) < 4.78 is 37.5. The van der Waals surface area contributed by atoms with Gasteiger partial charge in [0.1, 0.15) is 0 Å². The van der Waals surface area contributed by atoms with Crippen molar-refractivity contribution in [2.45, 2.75) is 6.18 Å². The Labute approximate surface area is 80.1 Å². The van der Waals surface area contributed by atoms with Crippen molar-refractivity contribution >= 4 is 11.4 Å². The van der Waals surface area contributed by atoms with E-state index in [0.29, 0.717) is 0 Å². The van der Waals surface area contributed by atoms with Crippen LogP contribution in [-0.4, -0.2) is 14.1 Å². The van der Waals surface area contributed by atoms with Gasteiger partial charge in [0, 0.05) is 25.5 Å². The van der Waals surface area contributed by atoms with Gasteiger partial charge in [0.05, 0.1) is 5.56 Å². The first-order valence-electron chi connectivity index (χ1n) is 3.96. The van der Waals surface area contributed by atoms with Gasteiger partial charge in [-0.3, -0.25) is 0 Å². The molecule has 0 atom stereocenters. The molecule has 0 bridgehead atoms. The van der Waals surface area contributed by atoms with Crippen molar-refractivity contribution in [1.29, 1.82) is 0 Å². The molecule has 0 heterocycles. The predicted molar refractivity (Wildman–Crippen MR) is 50.2 cm³/mol. The van der Waals surface area contributed by atoms with E-state index in [1.165, 1.54) is 17.0 Å². The molecule has 2 N–H and O–H groups in total. The Morgan fingerprint density at radius 1 is 1.21 bits per heavy atom. The van der Waals surface area contributed by atoms with Crippen LogP contribution in [0.1, 0.15) is 5.56 Å². The molecule has 0 aliphatic heterocycles. The number of benzene rings is 1. The van der Waals surface area contributed by atoms with Gasteiger partial charge in [-0.25, -0.2) is 0 Å². The summed E-state index contributed by atoms with van der Waals surface area (Å²) in [6.07, 6.45) is -4.37. The van der Waals surface area contributed by atoms with Crippen LogP contribution in [0, 0.1) is 0 Å². The highest BCUT2D eigenvalue weighted by Crippen LogP contribution is 2.36. The number of hydrogen-bond donors (Lipinski definition) is 1. The lowest BCUT2D eigenvalue weighted by molar-refractivity contribution is -0.137. The van der Waals surface area contributed by atoms with Crippen LogP contribution in [-0.2, 0) is 6.18 Å². The lowest BCUT2D eigenvalue weighted by Crippen LogP contribution is -2.16. The number of nitrogens with two attached hydrogens (primary N) is 1. The summed E-state index contributed by atoms with van der Waals surface area (Å²) in [7, 11) is 3.11. The Bertz CT molecular complexity index is 331. The molecule has 1 aromatic rings. The molecule has 0 saturated heterocycles. The maximum Gasteiger partial charge on any atom is 0.418 e. The van der Waals surface area contributed by atoms with Gasteiger partial charge < -0.3 is 10.6 Å². The van der Waals surface area contributed by atoms with Crippen molar-refractivity contribution in [2.24, 2.45) is 0 Å². The highest BCUT2D eigenvalue weighted by Gasteiger charge is 2.34. The maximum atomic E-state index is 12.5. The zero-order chi connectivity index (χ0) is 10.9. The number of halogens is 3. The van der Waals surface area contributed by atoms with Crippen LogP contribution < -0.4 is 10.6 Å². The highest BCUT2D eigenvalue weighted by atomic mass is 19.4. The van der Waals surface area contributed by atoms with Gasteiger partial charge in [-0.1, -0.05) is 0 Å². The minimum absolute atomic E-state index is 0.114. The molecule has 0 unspecified atom stereocenters. The van der Waals surface area contributed by atoms with E-state index in [9.17, 15) is 13.2 Å². The van der Waals surface area contributed by atoms with Gasteiger partial charge in [0.2, 0.25) is 0 Å². The average Bonchev–Trinajstić information content (AvgIpc) is 2.01. The first-order chi connectivity index (χ1) is 6.32. The molecule has 78 valence electrons. The van der Waals surface area contributed by atoms with Crippen molar-refractivity contribution in [1.82, 2.24) is 0 Å². The Hall–Kier alpha value is -1.39. The fourth-order valence-corrected chi connectivity index (χ4v) is 1.17. The molecule has 0 saturated carbocycles. The third-order valence-electron chi connectivity index (χ3n) is 1.81. The molecule has 0 aliphatic carbocycles. The zero-order valence-electron chi connectivity index (χ0n) is 7.89. The smallest absolute Gasteiger partial charge is 0.399 e. The van der Waals surface area contributed by atoms with Gasteiger partial charge in [-0.05, 0) is 18.2 Å². The summed E-state index contributed by atoms with van der Waals surface area (Å²) in [6, 6.07) is 3.75. The molecule has 0 aromatic heterocycles. The van der Waals surface area contributed by atoms with E-state index >= 15 is 0 Å². The molecular formula is C9H11F3N2. The first kappa shape index (κ1) is 10.7. The SMILES string of the molecule is CN(C)c1ccc(N)cc1C(F)(F)F. The standard InChI is InChI=1S/C9H11F3N2/c1-14(2)8-4-3-6(13)5-7(8)9(10,11)12/h3-5H,13H2,1-2H3. The van der Waals surface area contributed by atoms with Crippen LogP contribution in [0.25, 0.3) is 0 Å². The van der Waals surface area contributed by atoms with Crippen LogP contribution in [0.3, 0.4) is 0 Å². The molecule has 1 aromatic carbocycles. The van der Waals surface area contributed by atoms with Crippen molar-refractivity contribution in [3.63, 3.8) is 0 Å². The van der Waals surface area contributed by atoms with Crippen molar-refractivity contribution in [3.05, 3.63) is 23.8 Å². The molecule has 0 aliphatic rings. The number of nitrogen functional groups attached to an aromatic ring is 1. The molecular weight excluding hydrogens is 193 g/mol. The van der Waals surface area contributed by atoms with Crippen LogP contribution in [0.4, 0.5) is 24.5 Å². The lowest BCUT2D eigenvalue weighted by Gasteiger charge is -2.19. The van der Waals surface area contributed by atoms with Gasteiger partial charge in [0.25, 0.3) is 0 Å². The topological polar surface area (TPSA) is 29.3 Å². The molecule has 2 nitrogen and oxygen atoms in total. The maximum absolute atomic E-state index is 12.5. The Morgan fingerprint density at radius 3 is 2.21 bits per heavy atom. The summed E-state index contributed by atoms with van der Waals surface area (Å²) in [6.45, 7) is 0. The fourth-order valence-electron chi connectivity index (χ4n) is 1.17. The largest absolute Gasteiger partial charge is 0.418 e. The summed E-state index contributed by atoms with van der Waals surface area (Å²) in [4.78, 5) is 1.41. The highest BCUT2D eigenvalue weighted by molar-refractivity contribution is 5.60. The molecule has 5 heteroatoms. The normalized spacial score (nSPS) is 11.5. The third kappa shape index (κ3) is 2.10. The van der Waals surface area contributed by atoms with E-state index in [2.05, 4.69) is 0 Å². The van der Waals surface area contributed by atoms with Crippen LogP contribution in [0.5, 0.6) is 0 Å². The van der Waals surface area contributed by atoms with Crippen molar-refractivity contribution in [2.75, 3.05) is 24.7 Å². The average molecular weight is 204 g/mol. The molecule has 1 rings (SSSR count). The second-order valence-electron chi connectivity index (χ2n) is 3.17. The quantitative estimate of drug-likeness (QED) is 0.711. The molecule has 14 heavy (non-hydrogen) atoms. The summed E-state index contributed by atoms with van der Waals surface area (Å²) >= 11 is 0. The summed E-state index contributed by atoms with van der Waals surface area (Å²) in [5.41, 5.74) is 4.83. The van der Waals surface area contributed by atoms with E-state index in [0.717, 1.165) is 6.07 Å². The third-order valence-corrected chi connectivity index (χ3v) is 1.81. The predicted octanol–water partition coefficient (Wildman–Crippen LogP) is 2.35. The number of anilines is 2. The molecule has 0 fully saturated rings. The zero-order valence-corrected chi connectivity index (χ0v) is 7.89. The molecule has 0 spiro atoms. The van der Waals surface area contributed by atoms with E-state index in [-0.39, 0.29) is 11.4 Å². The fraction of sp³-hybridized carbons (Fsp3) is 0.333. The van der Waals surface area contributed by atoms with E-state index in [1.54, 1.807) is 14.1 Å². The van der Waals surface area contributed by atoms with E-state index < -0.39 is 11.7 Å².